The number of hydrogen-bond acceptors (Lipinski definition) is 4. The van der Waals surface area contributed by atoms with E-state index in [1.54, 1.807) is 30.3 Å². The fraction of sp³-hybridized carbons (Fsp3) is 0.0833. The van der Waals surface area contributed by atoms with Gasteiger partial charge in [0.15, 0.2) is 0 Å². The van der Waals surface area contributed by atoms with Crippen molar-refractivity contribution in [1.82, 2.24) is 9.97 Å². The van der Waals surface area contributed by atoms with Gasteiger partial charge >= 0.3 is 5.97 Å². The molecule has 4 nitrogen and oxygen atoms in total. The van der Waals surface area contributed by atoms with E-state index in [4.69, 9.17) is 27.9 Å². The molecule has 0 aliphatic rings. The summed E-state index contributed by atoms with van der Waals surface area (Å²) in [7, 11) is 0. The second-order valence-electron chi connectivity index (χ2n) is 3.35. The van der Waals surface area contributed by atoms with Gasteiger partial charge in [-0.15, -0.1) is 0 Å². The third kappa shape index (κ3) is 3.18. The lowest BCUT2D eigenvalue weighted by atomic mass is 10.3. The third-order valence-corrected chi connectivity index (χ3v) is 2.65. The van der Waals surface area contributed by atoms with Crippen molar-refractivity contribution in [2.75, 3.05) is 0 Å². The van der Waals surface area contributed by atoms with Crippen LogP contribution in [0, 0.1) is 0 Å². The Morgan fingerprint density at radius 3 is 2.78 bits per heavy atom. The van der Waals surface area contributed by atoms with Crippen LogP contribution in [-0.2, 0) is 11.3 Å². The van der Waals surface area contributed by atoms with Gasteiger partial charge in [0.2, 0.25) is 0 Å². The highest BCUT2D eigenvalue weighted by Gasteiger charge is 2.10. The zero-order chi connectivity index (χ0) is 13.0. The normalized spacial score (nSPS) is 10.1. The molecule has 18 heavy (non-hydrogen) atoms. The predicted octanol–water partition coefficient (Wildman–Crippen LogP) is 3.14. The molecule has 0 atom stereocenters. The first-order valence-corrected chi connectivity index (χ1v) is 5.81. The minimum absolute atomic E-state index is 0.0468. The lowest BCUT2D eigenvalue weighted by molar-refractivity contribution is 0.0461. The summed E-state index contributed by atoms with van der Waals surface area (Å²) in [6, 6.07) is 8.14. The maximum Gasteiger partial charge on any atom is 0.357 e. The maximum atomic E-state index is 11.6. The molecule has 2 aromatic rings. The van der Waals surface area contributed by atoms with E-state index in [9.17, 15) is 4.79 Å². The summed E-state index contributed by atoms with van der Waals surface area (Å²) < 4.78 is 5.04. The summed E-state index contributed by atoms with van der Waals surface area (Å²) in [6.07, 6.45) is 1.52. The van der Waals surface area contributed by atoms with Gasteiger partial charge in [0.05, 0.1) is 10.7 Å². The summed E-state index contributed by atoms with van der Waals surface area (Å²) in [6.45, 7) is -0.0468. The Kier molecular flexibility index (Phi) is 4.12. The van der Waals surface area contributed by atoms with E-state index in [0.29, 0.717) is 15.9 Å². The molecule has 0 N–H and O–H groups in total. The summed E-state index contributed by atoms with van der Waals surface area (Å²) >= 11 is 11.6. The number of hydrogen-bond donors (Lipinski definition) is 0. The van der Waals surface area contributed by atoms with Crippen LogP contribution in [0.2, 0.25) is 10.2 Å². The number of carbonyl (C=O) groups is 1. The number of pyridine rings is 2. The Bertz CT molecular complexity index is 561. The number of halogens is 2. The minimum Gasteiger partial charge on any atom is -0.454 e. The Hall–Kier alpha value is -1.65. The van der Waals surface area contributed by atoms with Crippen LogP contribution in [-0.4, -0.2) is 15.9 Å². The lowest BCUT2D eigenvalue weighted by Gasteiger charge is -2.05. The number of carbonyl (C=O) groups excluding carboxylic acids is 1. The van der Waals surface area contributed by atoms with Crippen LogP contribution in [0.15, 0.2) is 36.5 Å². The van der Waals surface area contributed by atoms with Gasteiger partial charge < -0.3 is 4.74 Å². The molecule has 0 unspecified atom stereocenters. The molecule has 0 aliphatic carbocycles. The molecule has 0 fully saturated rings. The van der Waals surface area contributed by atoms with E-state index in [0.717, 1.165) is 0 Å². The van der Waals surface area contributed by atoms with Crippen LogP contribution in [0.4, 0.5) is 0 Å². The molecular weight excluding hydrogens is 275 g/mol. The van der Waals surface area contributed by atoms with Crippen molar-refractivity contribution in [2.45, 2.75) is 6.61 Å². The number of aromatic nitrogens is 2. The Balaban J connectivity index is 2.04. The van der Waals surface area contributed by atoms with Crippen molar-refractivity contribution in [3.8, 4) is 0 Å². The quantitative estimate of drug-likeness (QED) is 0.641. The van der Waals surface area contributed by atoms with Crippen LogP contribution >= 0.6 is 23.2 Å². The van der Waals surface area contributed by atoms with E-state index >= 15 is 0 Å². The molecular formula is C12H8Cl2N2O2. The third-order valence-electron chi connectivity index (χ3n) is 2.10. The van der Waals surface area contributed by atoms with Crippen molar-refractivity contribution >= 4 is 29.2 Å². The van der Waals surface area contributed by atoms with Crippen LogP contribution in [0.25, 0.3) is 0 Å². The largest absolute Gasteiger partial charge is 0.454 e. The van der Waals surface area contributed by atoms with E-state index in [-0.39, 0.29) is 12.3 Å². The summed E-state index contributed by atoms with van der Waals surface area (Å²) in [5, 5.41) is 0.691. The average Bonchev–Trinajstić information content (AvgIpc) is 2.40. The highest BCUT2D eigenvalue weighted by atomic mass is 35.5. The number of ether oxygens (including phenoxy) is 1. The standard InChI is InChI=1S/C12H8Cl2N2O2/c13-8-4-5-11(14)16-10(8)7-18-12(17)9-3-1-2-6-15-9/h1-6H,7H2. The van der Waals surface area contributed by atoms with Crippen molar-refractivity contribution in [2.24, 2.45) is 0 Å². The Morgan fingerprint density at radius 2 is 2.06 bits per heavy atom. The average molecular weight is 283 g/mol. The maximum absolute atomic E-state index is 11.6. The highest BCUT2D eigenvalue weighted by molar-refractivity contribution is 6.32. The fourth-order valence-corrected chi connectivity index (χ4v) is 1.58. The van der Waals surface area contributed by atoms with Gasteiger partial charge in [0.1, 0.15) is 17.5 Å². The summed E-state index contributed by atoms with van der Waals surface area (Å²) in [4.78, 5) is 19.5. The number of rotatable bonds is 3. The van der Waals surface area contributed by atoms with Crippen molar-refractivity contribution < 1.29 is 9.53 Å². The first-order chi connectivity index (χ1) is 8.66. The van der Waals surface area contributed by atoms with E-state index in [1.165, 1.54) is 6.20 Å². The zero-order valence-electron chi connectivity index (χ0n) is 9.14. The minimum atomic E-state index is -0.534. The van der Waals surface area contributed by atoms with Gasteiger partial charge in [-0.3, -0.25) is 0 Å². The second-order valence-corrected chi connectivity index (χ2v) is 4.15. The molecule has 2 rings (SSSR count). The van der Waals surface area contributed by atoms with Gasteiger partial charge in [0.25, 0.3) is 0 Å². The molecule has 0 radical (unpaired) electrons. The van der Waals surface area contributed by atoms with E-state index in [1.807, 2.05) is 0 Å². The Labute approximate surface area is 114 Å². The SMILES string of the molecule is O=C(OCc1nc(Cl)ccc1Cl)c1ccccn1. The van der Waals surface area contributed by atoms with Gasteiger partial charge in [-0.05, 0) is 24.3 Å². The van der Waals surface area contributed by atoms with Crippen molar-refractivity contribution in [3.63, 3.8) is 0 Å². The molecule has 2 heterocycles. The van der Waals surface area contributed by atoms with Crippen molar-refractivity contribution in [1.29, 1.82) is 0 Å². The molecule has 0 amide bonds. The molecule has 0 aliphatic heterocycles. The predicted molar refractivity (Wildman–Crippen MR) is 67.6 cm³/mol. The van der Waals surface area contributed by atoms with Gasteiger partial charge in [-0.25, -0.2) is 14.8 Å². The summed E-state index contributed by atoms with van der Waals surface area (Å²) in [5.74, 6) is -0.534. The van der Waals surface area contributed by atoms with Gasteiger partial charge in [-0.1, -0.05) is 29.3 Å². The molecule has 0 saturated heterocycles. The van der Waals surface area contributed by atoms with Crippen LogP contribution in [0.5, 0.6) is 0 Å². The van der Waals surface area contributed by atoms with E-state index < -0.39 is 5.97 Å². The molecule has 2 aromatic heterocycles. The van der Waals surface area contributed by atoms with E-state index in [2.05, 4.69) is 9.97 Å². The monoisotopic (exact) mass is 282 g/mol. The van der Waals surface area contributed by atoms with Gasteiger partial charge in [-0.2, -0.15) is 0 Å². The smallest absolute Gasteiger partial charge is 0.357 e. The highest BCUT2D eigenvalue weighted by Crippen LogP contribution is 2.17. The molecule has 0 spiro atoms. The van der Waals surface area contributed by atoms with Crippen LogP contribution in [0.3, 0.4) is 0 Å². The molecule has 6 heteroatoms. The molecule has 0 bridgehead atoms. The molecule has 0 saturated carbocycles. The number of nitrogens with zero attached hydrogens (tertiary/aromatic N) is 2. The fourth-order valence-electron chi connectivity index (χ4n) is 1.25. The molecule has 92 valence electrons. The molecule has 0 aromatic carbocycles. The first kappa shape index (κ1) is 12.8. The van der Waals surface area contributed by atoms with Crippen molar-refractivity contribution in [3.05, 3.63) is 58.1 Å². The topological polar surface area (TPSA) is 52.1 Å². The van der Waals surface area contributed by atoms with Gasteiger partial charge in [0, 0.05) is 6.20 Å². The lowest BCUT2D eigenvalue weighted by Crippen LogP contribution is -2.08. The van der Waals surface area contributed by atoms with Crippen LogP contribution < -0.4 is 0 Å². The zero-order valence-corrected chi connectivity index (χ0v) is 10.6. The summed E-state index contributed by atoms with van der Waals surface area (Å²) in [5.41, 5.74) is 0.643. The number of esters is 1. The first-order valence-electron chi connectivity index (χ1n) is 5.06. The van der Waals surface area contributed by atoms with Crippen LogP contribution in [0.1, 0.15) is 16.2 Å². The Morgan fingerprint density at radius 1 is 1.22 bits per heavy atom. The second kappa shape index (κ2) is 5.80.